The van der Waals surface area contributed by atoms with Crippen LogP contribution < -0.4 is 5.11 Å². The maximum Gasteiger partial charge on any atom is 0.149 e. The van der Waals surface area contributed by atoms with Crippen molar-refractivity contribution in [2.24, 2.45) is 0 Å². The van der Waals surface area contributed by atoms with Crippen molar-refractivity contribution < 1.29 is 18.7 Å². The van der Waals surface area contributed by atoms with Crippen LogP contribution in [0, 0.1) is 17.1 Å². The smallest absolute Gasteiger partial charge is 0.149 e. The van der Waals surface area contributed by atoms with Gasteiger partial charge in [0.15, 0.2) is 0 Å². The molecule has 4 rings (SSSR count). The minimum Gasteiger partial charge on any atom is -0.542 e. The molecule has 0 radical (unpaired) electrons. The molecule has 0 bridgehead atoms. The lowest BCUT2D eigenvalue weighted by atomic mass is 10.0. The zero-order valence-electron chi connectivity index (χ0n) is 15.1. The number of benzene rings is 2. The summed E-state index contributed by atoms with van der Waals surface area (Å²) in [5.41, 5.74) is 2.75. The van der Waals surface area contributed by atoms with Crippen LogP contribution in [-0.4, -0.2) is 10.5 Å². The molecular formula is C23H14FN2O3-. The molecule has 6 heteroatoms. The monoisotopic (exact) mass is 385 g/mol. The summed E-state index contributed by atoms with van der Waals surface area (Å²) in [6, 6.07) is 18.5. The molecule has 142 valence electrons. The summed E-state index contributed by atoms with van der Waals surface area (Å²) in [7, 11) is 0. The van der Waals surface area contributed by atoms with Crippen molar-refractivity contribution in [3.63, 3.8) is 0 Å². The lowest BCUT2D eigenvalue weighted by molar-refractivity contribution is -0.257. The quantitative estimate of drug-likeness (QED) is 0.489. The van der Waals surface area contributed by atoms with Gasteiger partial charge in [0, 0.05) is 22.7 Å². The number of aromatic nitrogens is 1. The van der Waals surface area contributed by atoms with E-state index in [1.54, 1.807) is 24.3 Å². The molecule has 0 saturated carbocycles. The highest BCUT2D eigenvalue weighted by molar-refractivity contribution is 5.98. The number of hydrogen-bond donors (Lipinski definition) is 0. The van der Waals surface area contributed by atoms with Crippen LogP contribution in [0.25, 0.3) is 22.6 Å². The van der Waals surface area contributed by atoms with Crippen LogP contribution in [0.5, 0.6) is 0 Å². The SMILES string of the molecule is N#C/C(=C/c1cn(Cc2ccc(C(=O)[O-])o2)c2ccccc12)c1ccc(F)cc1. The Morgan fingerprint density at radius 2 is 1.90 bits per heavy atom. The molecule has 2 aromatic carbocycles. The molecule has 0 aliphatic heterocycles. The highest BCUT2D eigenvalue weighted by Crippen LogP contribution is 2.27. The van der Waals surface area contributed by atoms with Gasteiger partial charge in [-0.05, 0) is 42.0 Å². The largest absolute Gasteiger partial charge is 0.542 e. The second-order valence-electron chi connectivity index (χ2n) is 6.46. The Morgan fingerprint density at radius 3 is 2.59 bits per heavy atom. The summed E-state index contributed by atoms with van der Waals surface area (Å²) in [5.74, 6) is -1.48. The maximum absolute atomic E-state index is 13.2. The van der Waals surface area contributed by atoms with E-state index in [1.165, 1.54) is 18.2 Å². The number of carbonyl (C=O) groups is 1. The van der Waals surface area contributed by atoms with E-state index < -0.39 is 5.97 Å². The molecule has 0 fully saturated rings. The van der Waals surface area contributed by atoms with Crippen molar-refractivity contribution in [1.82, 2.24) is 4.57 Å². The van der Waals surface area contributed by atoms with Gasteiger partial charge in [0.25, 0.3) is 0 Å². The van der Waals surface area contributed by atoms with E-state index in [2.05, 4.69) is 6.07 Å². The summed E-state index contributed by atoms with van der Waals surface area (Å²) in [4.78, 5) is 10.9. The minimum absolute atomic E-state index is 0.223. The third-order valence-corrected chi connectivity index (χ3v) is 4.58. The number of allylic oxidation sites excluding steroid dienone is 1. The average Bonchev–Trinajstić information content (AvgIpc) is 3.33. The van der Waals surface area contributed by atoms with Gasteiger partial charge in [0.2, 0.25) is 0 Å². The van der Waals surface area contributed by atoms with E-state index in [9.17, 15) is 19.6 Å². The van der Waals surface area contributed by atoms with Crippen LogP contribution in [-0.2, 0) is 6.54 Å². The number of fused-ring (bicyclic) bond motifs is 1. The fourth-order valence-corrected chi connectivity index (χ4v) is 3.23. The Kier molecular flexibility index (Phi) is 4.71. The van der Waals surface area contributed by atoms with E-state index in [0.717, 1.165) is 16.5 Å². The lowest BCUT2D eigenvalue weighted by Crippen LogP contribution is -2.21. The van der Waals surface area contributed by atoms with Gasteiger partial charge in [-0.2, -0.15) is 5.26 Å². The van der Waals surface area contributed by atoms with E-state index in [4.69, 9.17) is 4.42 Å². The summed E-state index contributed by atoms with van der Waals surface area (Å²) in [6.07, 6.45) is 3.62. The molecule has 0 saturated heterocycles. The standard InChI is InChI=1S/C23H15FN2O3/c24-18-7-5-15(6-8-18)16(12-25)11-17-13-26(21-4-2-1-3-20(17)21)14-19-9-10-22(29-19)23(27)28/h1-11,13H,14H2,(H,27,28)/p-1/b16-11-. The molecule has 0 unspecified atom stereocenters. The second kappa shape index (κ2) is 7.49. The first-order valence-electron chi connectivity index (χ1n) is 8.81. The highest BCUT2D eigenvalue weighted by atomic mass is 19.1. The molecule has 29 heavy (non-hydrogen) atoms. The molecule has 0 aliphatic rings. The van der Waals surface area contributed by atoms with Crippen LogP contribution in [0.4, 0.5) is 4.39 Å². The van der Waals surface area contributed by atoms with Gasteiger partial charge < -0.3 is 18.9 Å². The molecule has 0 aliphatic carbocycles. The van der Waals surface area contributed by atoms with Crippen LogP contribution in [0.1, 0.15) is 27.4 Å². The molecule has 4 aromatic rings. The van der Waals surface area contributed by atoms with Gasteiger partial charge in [0.1, 0.15) is 23.3 Å². The van der Waals surface area contributed by atoms with Crippen LogP contribution in [0.15, 0.2) is 71.3 Å². The predicted octanol–water partition coefficient (Wildman–Crippen LogP) is 3.85. The fraction of sp³-hybridized carbons (Fsp3) is 0.0435. The number of hydrogen-bond acceptors (Lipinski definition) is 4. The number of carboxylic acid groups (broad SMARTS) is 1. The normalized spacial score (nSPS) is 11.5. The molecule has 0 atom stereocenters. The number of nitrogens with zero attached hydrogens (tertiary/aromatic N) is 2. The van der Waals surface area contributed by atoms with Crippen molar-refractivity contribution in [1.29, 1.82) is 5.26 Å². The summed E-state index contributed by atoms with van der Waals surface area (Å²) >= 11 is 0. The van der Waals surface area contributed by atoms with Crippen molar-refractivity contribution in [3.05, 3.63) is 95.3 Å². The molecule has 0 spiro atoms. The summed E-state index contributed by atoms with van der Waals surface area (Å²) in [5, 5.41) is 21.4. The molecule has 2 aromatic heterocycles. The third kappa shape index (κ3) is 3.66. The first-order chi connectivity index (χ1) is 14.0. The molecular weight excluding hydrogens is 371 g/mol. The van der Waals surface area contributed by atoms with Gasteiger partial charge in [-0.1, -0.05) is 30.3 Å². The van der Waals surface area contributed by atoms with Gasteiger partial charge in [0.05, 0.1) is 18.2 Å². The number of nitriles is 1. The second-order valence-corrected chi connectivity index (χ2v) is 6.46. The molecule has 0 amide bonds. The first kappa shape index (κ1) is 18.3. The highest BCUT2D eigenvalue weighted by Gasteiger charge is 2.11. The Morgan fingerprint density at radius 1 is 1.14 bits per heavy atom. The van der Waals surface area contributed by atoms with Crippen molar-refractivity contribution in [3.8, 4) is 6.07 Å². The van der Waals surface area contributed by atoms with Crippen LogP contribution >= 0.6 is 0 Å². The average molecular weight is 385 g/mol. The van der Waals surface area contributed by atoms with Crippen LogP contribution in [0.2, 0.25) is 0 Å². The van der Waals surface area contributed by atoms with E-state index in [-0.39, 0.29) is 11.6 Å². The van der Waals surface area contributed by atoms with Gasteiger partial charge >= 0.3 is 0 Å². The van der Waals surface area contributed by atoms with Gasteiger partial charge in [-0.3, -0.25) is 0 Å². The number of rotatable bonds is 5. The van der Waals surface area contributed by atoms with Crippen molar-refractivity contribution in [2.45, 2.75) is 6.54 Å². The van der Waals surface area contributed by atoms with E-state index in [0.29, 0.717) is 23.4 Å². The molecule has 2 heterocycles. The van der Waals surface area contributed by atoms with Crippen LogP contribution in [0.3, 0.4) is 0 Å². The summed E-state index contributed by atoms with van der Waals surface area (Å²) in [6.45, 7) is 0.320. The maximum atomic E-state index is 13.2. The minimum atomic E-state index is -1.37. The lowest BCUT2D eigenvalue weighted by Gasteiger charge is -2.03. The molecule has 0 N–H and O–H groups in total. The van der Waals surface area contributed by atoms with Gasteiger partial charge in [-0.25, -0.2) is 4.39 Å². The number of para-hydroxylation sites is 1. The fourth-order valence-electron chi connectivity index (χ4n) is 3.23. The number of carbonyl (C=O) groups excluding carboxylic acids is 1. The number of carboxylic acids is 1. The Bertz CT molecular complexity index is 1270. The Hall–Kier alpha value is -4.11. The predicted molar refractivity (Wildman–Crippen MR) is 104 cm³/mol. The number of furan rings is 1. The zero-order chi connectivity index (χ0) is 20.4. The van der Waals surface area contributed by atoms with Crippen molar-refractivity contribution in [2.75, 3.05) is 0 Å². The summed E-state index contributed by atoms with van der Waals surface area (Å²) < 4.78 is 20.4. The van der Waals surface area contributed by atoms with Crippen molar-refractivity contribution >= 4 is 28.5 Å². The topological polar surface area (TPSA) is 82.0 Å². The van der Waals surface area contributed by atoms with Gasteiger partial charge in [-0.15, -0.1) is 0 Å². The number of halogens is 1. The number of aromatic carboxylic acids is 1. The third-order valence-electron chi connectivity index (χ3n) is 4.58. The molecule has 5 nitrogen and oxygen atoms in total. The Labute approximate surface area is 165 Å². The zero-order valence-corrected chi connectivity index (χ0v) is 15.1. The first-order valence-corrected chi connectivity index (χ1v) is 8.81. The van der Waals surface area contributed by atoms with E-state index in [1.807, 2.05) is 35.0 Å². The Balaban J connectivity index is 1.76. The van der Waals surface area contributed by atoms with E-state index >= 15 is 0 Å².